The fourth-order valence-corrected chi connectivity index (χ4v) is 1.53. The highest BCUT2D eigenvalue weighted by Gasteiger charge is 2.13. The summed E-state index contributed by atoms with van der Waals surface area (Å²) < 4.78 is 6.73. The van der Waals surface area contributed by atoms with E-state index in [0.29, 0.717) is 32.0 Å². The van der Waals surface area contributed by atoms with Crippen LogP contribution in [0.2, 0.25) is 0 Å². The van der Waals surface area contributed by atoms with Crippen LogP contribution in [0.5, 0.6) is 0 Å². The summed E-state index contributed by atoms with van der Waals surface area (Å²) in [6.45, 7) is 1.47. The van der Waals surface area contributed by atoms with Gasteiger partial charge in [0.1, 0.15) is 11.5 Å². The summed E-state index contributed by atoms with van der Waals surface area (Å²) in [7, 11) is 0. The molecule has 0 atom stereocenters. The second-order valence-corrected chi connectivity index (χ2v) is 3.27. The maximum atomic E-state index is 11.6. The molecular formula is C9H11N3O3. The van der Waals surface area contributed by atoms with Gasteiger partial charge in [0, 0.05) is 12.5 Å². The van der Waals surface area contributed by atoms with Crippen LogP contribution in [0, 0.1) is 0 Å². The number of nitrogens with two attached hydrogens (primary N) is 1. The van der Waals surface area contributed by atoms with Crippen molar-refractivity contribution in [2.45, 2.75) is 13.0 Å². The van der Waals surface area contributed by atoms with Crippen molar-refractivity contribution in [2.24, 2.45) is 5.73 Å². The standard InChI is InChI=1S/C9H11N3O3/c10-9(14)6-5-8(13)12-2-4-15-3-1-7(12)11-6/h5H,1-4H2,(H2,10,14). The number of hydrogen-bond donors (Lipinski definition) is 1. The van der Waals surface area contributed by atoms with Crippen LogP contribution in [0.25, 0.3) is 0 Å². The Labute approximate surface area is 85.7 Å². The van der Waals surface area contributed by atoms with E-state index in [2.05, 4.69) is 4.98 Å². The van der Waals surface area contributed by atoms with E-state index in [4.69, 9.17) is 10.5 Å². The van der Waals surface area contributed by atoms with E-state index in [1.54, 1.807) is 0 Å². The topological polar surface area (TPSA) is 87.2 Å². The van der Waals surface area contributed by atoms with Crippen molar-refractivity contribution >= 4 is 5.91 Å². The van der Waals surface area contributed by atoms with E-state index in [1.165, 1.54) is 4.57 Å². The molecule has 0 fully saturated rings. The van der Waals surface area contributed by atoms with Gasteiger partial charge in [0.2, 0.25) is 0 Å². The lowest BCUT2D eigenvalue weighted by atomic mass is 10.3. The first kappa shape index (κ1) is 9.85. The van der Waals surface area contributed by atoms with Gasteiger partial charge < -0.3 is 10.5 Å². The van der Waals surface area contributed by atoms with E-state index in [9.17, 15) is 9.59 Å². The van der Waals surface area contributed by atoms with Crippen LogP contribution in [0.1, 0.15) is 16.3 Å². The molecule has 0 saturated heterocycles. The van der Waals surface area contributed by atoms with Crippen molar-refractivity contribution in [1.82, 2.24) is 9.55 Å². The van der Waals surface area contributed by atoms with Gasteiger partial charge in [-0.25, -0.2) is 4.98 Å². The number of carbonyl (C=O) groups excluding carboxylic acids is 1. The molecule has 6 nitrogen and oxygen atoms in total. The number of ether oxygens (including phenoxy) is 1. The lowest BCUT2D eigenvalue weighted by molar-refractivity contribution is 0.0994. The largest absolute Gasteiger partial charge is 0.379 e. The molecule has 0 aromatic carbocycles. The molecular weight excluding hydrogens is 198 g/mol. The Kier molecular flexibility index (Phi) is 2.51. The maximum Gasteiger partial charge on any atom is 0.267 e. The Bertz CT molecular complexity index is 452. The number of primary amides is 1. The Morgan fingerprint density at radius 3 is 3.07 bits per heavy atom. The number of rotatable bonds is 1. The van der Waals surface area contributed by atoms with Crippen LogP contribution >= 0.6 is 0 Å². The Morgan fingerprint density at radius 1 is 1.53 bits per heavy atom. The number of aromatic nitrogens is 2. The molecule has 2 heterocycles. The third-order valence-electron chi connectivity index (χ3n) is 2.27. The molecule has 2 N–H and O–H groups in total. The number of nitrogens with zero attached hydrogens (tertiary/aromatic N) is 2. The van der Waals surface area contributed by atoms with Gasteiger partial charge in [-0.3, -0.25) is 14.2 Å². The van der Waals surface area contributed by atoms with Crippen LogP contribution in [0.3, 0.4) is 0 Å². The van der Waals surface area contributed by atoms with Gasteiger partial charge in [0.15, 0.2) is 0 Å². The highest BCUT2D eigenvalue weighted by atomic mass is 16.5. The highest BCUT2D eigenvalue weighted by Crippen LogP contribution is 2.02. The van der Waals surface area contributed by atoms with E-state index in [0.717, 1.165) is 6.07 Å². The van der Waals surface area contributed by atoms with Gasteiger partial charge in [-0.2, -0.15) is 0 Å². The molecule has 15 heavy (non-hydrogen) atoms. The van der Waals surface area contributed by atoms with Crippen molar-refractivity contribution in [3.8, 4) is 0 Å². The molecule has 0 spiro atoms. The van der Waals surface area contributed by atoms with Crippen molar-refractivity contribution in [3.63, 3.8) is 0 Å². The summed E-state index contributed by atoms with van der Waals surface area (Å²) in [6.07, 6.45) is 0.524. The molecule has 0 saturated carbocycles. The second-order valence-electron chi connectivity index (χ2n) is 3.27. The third kappa shape index (κ3) is 1.89. The van der Waals surface area contributed by atoms with Crippen molar-refractivity contribution in [1.29, 1.82) is 0 Å². The number of fused-ring (bicyclic) bond motifs is 1. The minimum absolute atomic E-state index is 0.0214. The third-order valence-corrected chi connectivity index (χ3v) is 2.27. The molecule has 1 aliphatic rings. The Hall–Kier alpha value is -1.69. The van der Waals surface area contributed by atoms with Gasteiger partial charge in [-0.05, 0) is 0 Å². The molecule has 1 aliphatic heterocycles. The molecule has 0 aliphatic carbocycles. The van der Waals surface area contributed by atoms with E-state index in [1.807, 2.05) is 0 Å². The van der Waals surface area contributed by atoms with Crippen LogP contribution in [0.4, 0.5) is 0 Å². The molecule has 1 aromatic rings. The fourth-order valence-electron chi connectivity index (χ4n) is 1.53. The van der Waals surface area contributed by atoms with Crippen molar-refractivity contribution < 1.29 is 9.53 Å². The average Bonchev–Trinajstić information content (AvgIpc) is 2.42. The van der Waals surface area contributed by atoms with Gasteiger partial charge in [0.05, 0.1) is 19.8 Å². The van der Waals surface area contributed by atoms with E-state index in [-0.39, 0.29) is 11.3 Å². The summed E-state index contributed by atoms with van der Waals surface area (Å²) in [6, 6.07) is 1.16. The summed E-state index contributed by atoms with van der Waals surface area (Å²) in [4.78, 5) is 26.5. The summed E-state index contributed by atoms with van der Waals surface area (Å²) in [5.74, 6) is -0.116. The van der Waals surface area contributed by atoms with Gasteiger partial charge in [-0.15, -0.1) is 0 Å². The molecule has 1 amide bonds. The maximum absolute atomic E-state index is 11.6. The normalized spacial score (nSPS) is 15.5. The summed E-state index contributed by atoms with van der Waals surface area (Å²) in [5, 5.41) is 0. The van der Waals surface area contributed by atoms with E-state index < -0.39 is 5.91 Å². The minimum Gasteiger partial charge on any atom is -0.379 e. The molecule has 80 valence electrons. The monoisotopic (exact) mass is 209 g/mol. The number of carbonyl (C=O) groups is 1. The van der Waals surface area contributed by atoms with Gasteiger partial charge in [0.25, 0.3) is 11.5 Å². The number of amides is 1. The lowest BCUT2D eigenvalue weighted by Gasteiger charge is -2.07. The molecule has 1 aromatic heterocycles. The first-order chi connectivity index (χ1) is 7.18. The number of hydrogen-bond acceptors (Lipinski definition) is 4. The molecule has 0 unspecified atom stereocenters. The minimum atomic E-state index is -0.680. The first-order valence-electron chi connectivity index (χ1n) is 4.67. The first-order valence-corrected chi connectivity index (χ1v) is 4.67. The Morgan fingerprint density at radius 2 is 2.33 bits per heavy atom. The smallest absolute Gasteiger partial charge is 0.267 e. The Balaban J connectivity index is 2.53. The molecule has 0 bridgehead atoms. The lowest BCUT2D eigenvalue weighted by Crippen LogP contribution is -2.28. The van der Waals surface area contributed by atoms with E-state index >= 15 is 0 Å². The van der Waals surface area contributed by atoms with Crippen molar-refractivity contribution in [3.05, 3.63) is 27.9 Å². The van der Waals surface area contributed by atoms with Gasteiger partial charge >= 0.3 is 0 Å². The van der Waals surface area contributed by atoms with Crippen LogP contribution < -0.4 is 11.3 Å². The summed E-state index contributed by atoms with van der Waals surface area (Å²) >= 11 is 0. The quantitative estimate of drug-likeness (QED) is 0.637. The molecule has 0 radical (unpaired) electrons. The second kappa shape index (κ2) is 3.82. The average molecular weight is 209 g/mol. The zero-order chi connectivity index (χ0) is 10.8. The zero-order valence-electron chi connectivity index (χ0n) is 8.10. The SMILES string of the molecule is NC(=O)c1cc(=O)n2c(n1)CCOCC2. The predicted octanol–water partition coefficient (Wildman–Crippen LogP) is -1.09. The van der Waals surface area contributed by atoms with Crippen LogP contribution in [-0.2, 0) is 17.7 Å². The summed E-state index contributed by atoms with van der Waals surface area (Å²) in [5.41, 5.74) is 4.84. The van der Waals surface area contributed by atoms with Gasteiger partial charge in [-0.1, -0.05) is 0 Å². The van der Waals surface area contributed by atoms with Crippen LogP contribution in [0.15, 0.2) is 10.9 Å². The van der Waals surface area contributed by atoms with Crippen LogP contribution in [-0.4, -0.2) is 28.7 Å². The molecule has 6 heteroatoms. The zero-order valence-corrected chi connectivity index (χ0v) is 8.10. The fraction of sp³-hybridized carbons (Fsp3) is 0.444. The predicted molar refractivity (Wildman–Crippen MR) is 51.5 cm³/mol. The highest BCUT2D eigenvalue weighted by molar-refractivity contribution is 5.90. The molecule has 2 rings (SSSR count). The van der Waals surface area contributed by atoms with Crippen molar-refractivity contribution in [2.75, 3.05) is 13.2 Å².